The van der Waals surface area contributed by atoms with Gasteiger partial charge in [-0.15, -0.1) is 0 Å². The van der Waals surface area contributed by atoms with Gasteiger partial charge in [0, 0.05) is 11.1 Å². The number of thioether (sulfide) groups is 1. The number of amides is 1. The number of carbonyl (C=O) groups is 2. The second-order valence-corrected chi connectivity index (χ2v) is 6.97. The lowest BCUT2D eigenvalue weighted by Crippen LogP contribution is -2.33. The molecule has 5 nitrogen and oxygen atoms in total. The fourth-order valence-corrected chi connectivity index (χ4v) is 2.70. The predicted octanol–water partition coefficient (Wildman–Crippen LogP) is 2.74. The van der Waals surface area contributed by atoms with Crippen molar-refractivity contribution in [3.63, 3.8) is 0 Å². The van der Waals surface area contributed by atoms with Gasteiger partial charge in [0.25, 0.3) is 5.91 Å². The van der Waals surface area contributed by atoms with E-state index >= 15 is 0 Å². The molecule has 0 aliphatic carbocycles. The first-order valence-corrected chi connectivity index (χ1v) is 7.45. The molecule has 112 valence electrons. The van der Waals surface area contributed by atoms with E-state index in [1.54, 1.807) is 24.3 Å². The van der Waals surface area contributed by atoms with Crippen molar-refractivity contribution in [3.8, 4) is 0 Å². The molecule has 0 unspecified atom stereocenters. The van der Waals surface area contributed by atoms with E-state index in [0.717, 1.165) is 0 Å². The lowest BCUT2D eigenvalue weighted by molar-refractivity contribution is -0.124. The number of hydrogen-bond donors (Lipinski definition) is 2. The quantitative estimate of drug-likeness (QED) is 0.814. The second-order valence-electron chi connectivity index (χ2n) is 4.91. The zero-order valence-corrected chi connectivity index (χ0v) is 13.2. The van der Waals surface area contributed by atoms with Gasteiger partial charge in [-0.1, -0.05) is 23.4 Å². The molecule has 21 heavy (non-hydrogen) atoms. The first-order chi connectivity index (χ1) is 9.87. The molecule has 1 aliphatic heterocycles. The lowest BCUT2D eigenvalue weighted by Gasteiger charge is -2.20. The van der Waals surface area contributed by atoms with Gasteiger partial charge >= 0.3 is 0 Å². The highest BCUT2D eigenvalue weighted by Gasteiger charge is 2.35. The maximum atomic E-state index is 11.7. The molecule has 0 spiro atoms. The van der Waals surface area contributed by atoms with Gasteiger partial charge in [0.05, 0.1) is 10.4 Å². The number of rotatable bonds is 5. The fourth-order valence-electron chi connectivity index (χ4n) is 1.68. The van der Waals surface area contributed by atoms with Crippen LogP contribution in [0, 0.1) is 0 Å². The molecule has 1 aromatic rings. The molecule has 1 heterocycles. The Morgan fingerprint density at radius 3 is 2.57 bits per heavy atom. The van der Waals surface area contributed by atoms with E-state index in [2.05, 4.69) is 10.9 Å². The average molecular weight is 327 g/mol. The molecule has 0 fully saturated rings. The minimum atomic E-state index is -0.430. The Hall–Kier alpha value is -1.66. The summed E-state index contributed by atoms with van der Waals surface area (Å²) in [5, 5.41) is 0.558. The SMILES string of the molecule is CC1(C)SC(=O)C=C1OCC(=O)NNc1ccc(Cl)cc1. The number of ether oxygens (including phenoxy) is 1. The van der Waals surface area contributed by atoms with E-state index in [1.165, 1.54) is 17.8 Å². The molecular formula is C14H15ClN2O3S. The Morgan fingerprint density at radius 1 is 1.33 bits per heavy atom. The summed E-state index contributed by atoms with van der Waals surface area (Å²) in [6.07, 6.45) is 1.42. The van der Waals surface area contributed by atoms with Gasteiger partial charge in [-0.2, -0.15) is 0 Å². The van der Waals surface area contributed by atoms with Gasteiger partial charge < -0.3 is 4.74 Å². The maximum absolute atomic E-state index is 11.7. The summed E-state index contributed by atoms with van der Waals surface area (Å²) in [7, 11) is 0. The van der Waals surface area contributed by atoms with E-state index in [0.29, 0.717) is 16.5 Å². The number of benzene rings is 1. The predicted molar refractivity (Wildman–Crippen MR) is 83.9 cm³/mol. The topological polar surface area (TPSA) is 67.4 Å². The van der Waals surface area contributed by atoms with Crippen molar-refractivity contribution in [3.05, 3.63) is 41.1 Å². The molecule has 2 N–H and O–H groups in total. The molecule has 0 aromatic heterocycles. The summed E-state index contributed by atoms with van der Waals surface area (Å²) in [4.78, 5) is 23.0. The van der Waals surface area contributed by atoms with Gasteiger partial charge in [0.1, 0.15) is 5.76 Å². The van der Waals surface area contributed by atoms with Crippen LogP contribution in [0.5, 0.6) is 0 Å². The summed E-state index contributed by atoms with van der Waals surface area (Å²) in [6.45, 7) is 3.58. The van der Waals surface area contributed by atoms with Crippen molar-refractivity contribution in [2.24, 2.45) is 0 Å². The molecule has 1 amide bonds. The Kier molecular flexibility index (Phi) is 4.80. The average Bonchev–Trinajstić information content (AvgIpc) is 2.68. The Bertz CT molecular complexity index is 584. The monoisotopic (exact) mass is 326 g/mol. The van der Waals surface area contributed by atoms with Crippen molar-refractivity contribution >= 4 is 40.1 Å². The van der Waals surface area contributed by atoms with Gasteiger partial charge in [-0.3, -0.25) is 20.4 Å². The van der Waals surface area contributed by atoms with Crippen LogP contribution in [-0.2, 0) is 14.3 Å². The largest absolute Gasteiger partial charge is 0.486 e. The number of halogens is 1. The molecule has 0 saturated carbocycles. The normalized spacial score (nSPS) is 16.3. The Morgan fingerprint density at radius 2 is 2.00 bits per heavy atom. The summed E-state index contributed by atoms with van der Waals surface area (Å²) in [5.41, 5.74) is 5.96. The van der Waals surface area contributed by atoms with Crippen molar-refractivity contribution in [2.75, 3.05) is 12.0 Å². The molecule has 1 aliphatic rings. The smallest absolute Gasteiger partial charge is 0.276 e. The maximum Gasteiger partial charge on any atom is 0.276 e. The molecule has 0 atom stereocenters. The number of hydrogen-bond acceptors (Lipinski definition) is 5. The summed E-state index contributed by atoms with van der Waals surface area (Å²) < 4.78 is 4.97. The van der Waals surface area contributed by atoms with E-state index in [4.69, 9.17) is 16.3 Å². The van der Waals surface area contributed by atoms with E-state index in [1.807, 2.05) is 13.8 Å². The minimum absolute atomic E-state index is 0.0605. The van der Waals surface area contributed by atoms with Crippen molar-refractivity contribution in [2.45, 2.75) is 18.6 Å². The van der Waals surface area contributed by atoms with Crippen LogP contribution in [0.1, 0.15) is 13.8 Å². The highest BCUT2D eigenvalue weighted by atomic mass is 35.5. The summed E-state index contributed by atoms with van der Waals surface area (Å²) in [5.74, 6) is 0.171. The third-order valence-electron chi connectivity index (χ3n) is 2.75. The van der Waals surface area contributed by atoms with Gasteiger partial charge in [0.2, 0.25) is 5.12 Å². The zero-order valence-electron chi connectivity index (χ0n) is 11.6. The molecule has 0 saturated heterocycles. The number of anilines is 1. The molecular weight excluding hydrogens is 312 g/mol. The number of carbonyl (C=O) groups excluding carboxylic acids is 2. The fraction of sp³-hybridized carbons (Fsp3) is 0.286. The molecule has 1 aromatic carbocycles. The van der Waals surface area contributed by atoms with Gasteiger partial charge in [0.15, 0.2) is 6.61 Å². The third kappa shape index (κ3) is 4.41. The van der Waals surface area contributed by atoms with Gasteiger partial charge in [-0.05, 0) is 38.1 Å². The second kappa shape index (κ2) is 6.41. The van der Waals surface area contributed by atoms with Crippen LogP contribution in [0.25, 0.3) is 0 Å². The minimum Gasteiger partial charge on any atom is -0.486 e. The van der Waals surface area contributed by atoms with Crippen molar-refractivity contribution in [1.82, 2.24) is 5.43 Å². The molecule has 0 bridgehead atoms. The molecule has 0 radical (unpaired) electrons. The Balaban J connectivity index is 1.79. The van der Waals surface area contributed by atoms with Crippen molar-refractivity contribution < 1.29 is 14.3 Å². The highest BCUT2D eigenvalue weighted by Crippen LogP contribution is 2.39. The Labute approximate surface area is 132 Å². The molecule has 7 heteroatoms. The van der Waals surface area contributed by atoms with Crippen LogP contribution < -0.4 is 10.9 Å². The number of hydrazine groups is 1. The van der Waals surface area contributed by atoms with E-state index in [9.17, 15) is 9.59 Å². The van der Waals surface area contributed by atoms with Crippen LogP contribution in [0.3, 0.4) is 0 Å². The zero-order chi connectivity index (χ0) is 15.5. The summed E-state index contributed by atoms with van der Waals surface area (Å²) in [6, 6.07) is 6.89. The van der Waals surface area contributed by atoms with Crippen LogP contribution in [-0.4, -0.2) is 22.4 Å². The van der Waals surface area contributed by atoms with Crippen LogP contribution in [0.4, 0.5) is 5.69 Å². The molecule has 2 rings (SSSR count). The highest BCUT2D eigenvalue weighted by molar-refractivity contribution is 8.15. The van der Waals surface area contributed by atoms with Crippen LogP contribution in [0.15, 0.2) is 36.1 Å². The van der Waals surface area contributed by atoms with E-state index in [-0.39, 0.29) is 17.6 Å². The van der Waals surface area contributed by atoms with E-state index < -0.39 is 4.75 Å². The first kappa shape index (κ1) is 15.7. The number of nitrogens with one attached hydrogen (secondary N) is 2. The van der Waals surface area contributed by atoms with Crippen molar-refractivity contribution in [1.29, 1.82) is 0 Å². The summed E-state index contributed by atoms with van der Waals surface area (Å²) >= 11 is 6.94. The standard InChI is InChI=1S/C14H15ClN2O3S/c1-14(2)11(7-13(19)21-14)20-8-12(18)17-16-10-5-3-9(15)4-6-10/h3-7,16H,8H2,1-2H3,(H,17,18). The van der Waals surface area contributed by atoms with Gasteiger partial charge in [-0.25, -0.2) is 0 Å². The third-order valence-corrected chi connectivity index (χ3v) is 4.03. The first-order valence-electron chi connectivity index (χ1n) is 6.25. The van der Waals surface area contributed by atoms with Crippen LogP contribution in [0.2, 0.25) is 5.02 Å². The van der Waals surface area contributed by atoms with Crippen LogP contribution >= 0.6 is 23.4 Å². The lowest BCUT2D eigenvalue weighted by atomic mass is 10.1.